The summed E-state index contributed by atoms with van der Waals surface area (Å²) in [6, 6.07) is 12.7. The first-order valence-electron chi connectivity index (χ1n) is 6.73. The van der Waals surface area contributed by atoms with E-state index in [2.05, 4.69) is 19.1 Å². The van der Waals surface area contributed by atoms with Crippen LogP contribution in [0, 0.1) is 5.82 Å². The van der Waals surface area contributed by atoms with Crippen LogP contribution in [-0.2, 0) is 12.8 Å². The highest BCUT2D eigenvalue weighted by molar-refractivity contribution is 5.31. The maximum Gasteiger partial charge on any atom is 0.165 e. The molecule has 0 amide bonds. The summed E-state index contributed by atoms with van der Waals surface area (Å²) in [5.74, 6) is -0.265. The van der Waals surface area contributed by atoms with Gasteiger partial charge in [0.2, 0.25) is 0 Å². The molecule has 1 atom stereocenters. The molecule has 0 aromatic heterocycles. The number of methoxy groups -OCH3 is 1. The van der Waals surface area contributed by atoms with E-state index in [4.69, 9.17) is 4.74 Å². The first-order chi connectivity index (χ1) is 9.63. The summed E-state index contributed by atoms with van der Waals surface area (Å²) < 4.78 is 18.5. The predicted octanol–water partition coefficient (Wildman–Crippen LogP) is 3.67. The molecule has 0 bridgehead atoms. The van der Waals surface area contributed by atoms with E-state index in [1.807, 2.05) is 12.1 Å². The molecule has 0 saturated carbocycles. The molecule has 2 rings (SSSR count). The number of halogens is 1. The molecule has 3 heteroatoms. The Bertz CT molecular complexity index is 564. The minimum Gasteiger partial charge on any atom is -0.494 e. The van der Waals surface area contributed by atoms with Crippen molar-refractivity contribution in [2.75, 3.05) is 7.11 Å². The molecule has 0 fully saturated rings. The zero-order chi connectivity index (χ0) is 14.5. The predicted molar refractivity (Wildman–Crippen MR) is 77.4 cm³/mol. The van der Waals surface area contributed by atoms with E-state index < -0.39 is 11.9 Å². The Labute approximate surface area is 118 Å². The van der Waals surface area contributed by atoms with E-state index in [1.165, 1.54) is 24.8 Å². The Hall–Kier alpha value is -1.87. The number of rotatable bonds is 5. The van der Waals surface area contributed by atoms with Crippen LogP contribution < -0.4 is 4.74 Å². The lowest BCUT2D eigenvalue weighted by molar-refractivity contribution is 0.178. The third-order valence-corrected chi connectivity index (χ3v) is 3.42. The van der Waals surface area contributed by atoms with Crippen LogP contribution in [0.5, 0.6) is 5.75 Å². The molecule has 0 radical (unpaired) electrons. The standard InChI is InChI=1S/C17H19FO2/c1-3-12-4-6-13(7-5-12)10-16(19)14-8-9-17(20-2)15(18)11-14/h4-9,11,16,19H,3,10H2,1-2H3. The van der Waals surface area contributed by atoms with Crippen molar-refractivity contribution in [3.05, 3.63) is 65.0 Å². The Morgan fingerprint density at radius 2 is 1.75 bits per heavy atom. The number of ether oxygens (including phenoxy) is 1. The highest BCUT2D eigenvalue weighted by atomic mass is 19.1. The van der Waals surface area contributed by atoms with Crippen LogP contribution >= 0.6 is 0 Å². The van der Waals surface area contributed by atoms with Crippen LogP contribution in [0.2, 0.25) is 0 Å². The Kier molecular flexibility index (Phi) is 4.74. The van der Waals surface area contributed by atoms with Gasteiger partial charge in [0.1, 0.15) is 0 Å². The first-order valence-corrected chi connectivity index (χ1v) is 6.73. The number of aryl methyl sites for hydroxylation is 1. The van der Waals surface area contributed by atoms with Gasteiger partial charge in [-0.2, -0.15) is 0 Å². The third-order valence-electron chi connectivity index (χ3n) is 3.42. The molecule has 0 spiro atoms. The van der Waals surface area contributed by atoms with Gasteiger partial charge in [-0.1, -0.05) is 37.3 Å². The third kappa shape index (κ3) is 3.36. The Morgan fingerprint density at radius 1 is 1.10 bits per heavy atom. The van der Waals surface area contributed by atoms with E-state index >= 15 is 0 Å². The molecular weight excluding hydrogens is 255 g/mol. The van der Waals surface area contributed by atoms with Crippen LogP contribution in [0.25, 0.3) is 0 Å². The van der Waals surface area contributed by atoms with Crippen molar-refractivity contribution in [3.63, 3.8) is 0 Å². The number of hydrogen-bond acceptors (Lipinski definition) is 2. The fraction of sp³-hybridized carbons (Fsp3) is 0.294. The summed E-state index contributed by atoms with van der Waals surface area (Å²) in [7, 11) is 1.42. The van der Waals surface area contributed by atoms with Gasteiger partial charge in [-0.15, -0.1) is 0 Å². The second-order valence-corrected chi connectivity index (χ2v) is 4.78. The lowest BCUT2D eigenvalue weighted by atomic mass is 10.00. The zero-order valence-corrected chi connectivity index (χ0v) is 11.8. The molecule has 0 heterocycles. The molecule has 0 aliphatic carbocycles. The molecule has 0 saturated heterocycles. The van der Waals surface area contributed by atoms with Gasteiger partial charge in [0.05, 0.1) is 13.2 Å². The molecule has 106 valence electrons. The lowest BCUT2D eigenvalue weighted by Crippen LogP contribution is -2.03. The molecule has 0 aliphatic heterocycles. The smallest absolute Gasteiger partial charge is 0.165 e. The molecular formula is C17H19FO2. The van der Waals surface area contributed by atoms with E-state index in [1.54, 1.807) is 6.07 Å². The SMILES string of the molecule is CCc1ccc(CC(O)c2ccc(OC)c(F)c2)cc1. The fourth-order valence-electron chi connectivity index (χ4n) is 2.14. The summed E-state index contributed by atoms with van der Waals surface area (Å²) in [6.45, 7) is 2.10. The highest BCUT2D eigenvalue weighted by Gasteiger charge is 2.12. The summed E-state index contributed by atoms with van der Waals surface area (Å²) in [5.41, 5.74) is 2.85. The van der Waals surface area contributed by atoms with E-state index in [9.17, 15) is 9.50 Å². The van der Waals surface area contributed by atoms with Crippen LogP contribution in [0.3, 0.4) is 0 Å². The van der Waals surface area contributed by atoms with Crippen molar-refractivity contribution in [1.29, 1.82) is 0 Å². The topological polar surface area (TPSA) is 29.5 Å². The van der Waals surface area contributed by atoms with Crippen molar-refractivity contribution in [2.24, 2.45) is 0 Å². The van der Waals surface area contributed by atoms with Gasteiger partial charge >= 0.3 is 0 Å². The van der Waals surface area contributed by atoms with Crippen molar-refractivity contribution < 1.29 is 14.2 Å². The quantitative estimate of drug-likeness (QED) is 0.901. The summed E-state index contributed by atoms with van der Waals surface area (Å²) in [5, 5.41) is 10.2. The highest BCUT2D eigenvalue weighted by Crippen LogP contribution is 2.24. The van der Waals surface area contributed by atoms with Gasteiger partial charge in [0, 0.05) is 6.42 Å². The maximum atomic E-state index is 13.6. The molecule has 2 aromatic carbocycles. The average Bonchev–Trinajstić information content (AvgIpc) is 2.48. The first kappa shape index (κ1) is 14.5. The minimum atomic E-state index is -0.720. The number of aliphatic hydroxyl groups is 1. The zero-order valence-electron chi connectivity index (χ0n) is 11.8. The van der Waals surface area contributed by atoms with E-state index in [-0.39, 0.29) is 5.75 Å². The second kappa shape index (κ2) is 6.53. The summed E-state index contributed by atoms with van der Waals surface area (Å²) in [4.78, 5) is 0. The van der Waals surface area contributed by atoms with Gasteiger partial charge in [0.15, 0.2) is 11.6 Å². The molecule has 0 aliphatic rings. The maximum absolute atomic E-state index is 13.6. The number of benzene rings is 2. The van der Waals surface area contributed by atoms with Crippen molar-refractivity contribution >= 4 is 0 Å². The van der Waals surface area contributed by atoms with Crippen molar-refractivity contribution in [2.45, 2.75) is 25.9 Å². The van der Waals surface area contributed by atoms with E-state index in [0.717, 1.165) is 12.0 Å². The lowest BCUT2D eigenvalue weighted by Gasteiger charge is -2.12. The largest absolute Gasteiger partial charge is 0.494 e. The van der Waals surface area contributed by atoms with Gasteiger partial charge < -0.3 is 9.84 Å². The molecule has 2 aromatic rings. The normalized spacial score (nSPS) is 12.2. The van der Waals surface area contributed by atoms with Crippen LogP contribution in [0.1, 0.15) is 29.7 Å². The monoisotopic (exact) mass is 274 g/mol. The average molecular weight is 274 g/mol. The van der Waals surface area contributed by atoms with Crippen LogP contribution in [0.4, 0.5) is 4.39 Å². The number of hydrogen-bond donors (Lipinski definition) is 1. The van der Waals surface area contributed by atoms with Gasteiger partial charge in [-0.3, -0.25) is 0 Å². The van der Waals surface area contributed by atoms with Crippen LogP contribution in [0.15, 0.2) is 42.5 Å². The van der Waals surface area contributed by atoms with Crippen molar-refractivity contribution in [1.82, 2.24) is 0 Å². The molecule has 2 nitrogen and oxygen atoms in total. The van der Waals surface area contributed by atoms with Gasteiger partial charge in [-0.05, 0) is 35.2 Å². The minimum absolute atomic E-state index is 0.188. The molecule has 1 unspecified atom stereocenters. The summed E-state index contributed by atoms with van der Waals surface area (Å²) in [6.07, 6.45) is 0.741. The van der Waals surface area contributed by atoms with Crippen molar-refractivity contribution in [3.8, 4) is 5.75 Å². The van der Waals surface area contributed by atoms with E-state index in [0.29, 0.717) is 12.0 Å². The fourth-order valence-corrected chi connectivity index (χ4v) is 2.14. The Morgan fingerprint density at radius 3 is 2.30 bits per heavy atom. The number of aliphatic hydroxyl groups excluding tert-OH is 1. The van der Waals surface area contributed by atoms with Gasteiger partial charge in [0.25, 0.3) is 0 Å². The second-order valence-electron chi connectivity index (χ2n) is 4.78. The summed E-state index contributed by atoms with van der Waals surface area (Å²) >= 11 is 0. The molecule has 1 N–H and O–H groups in total. The molecule has 20 heavy (non-hydrogen) atoms. The Balaban J connectivity index is 2.10. The van der Waals surface area contributed by atoms with Crippen LogP contribution in [-0.4, -0.2) is 12.2 Å². The van der Waals surface area contributed by atoms with Gasteiger partial charge in [-0.25, -0.2) is 4.39 Å².